The van der Waals surface area contributed by atoms with Gasteiger partial charge in [0.15, 0.2) is 5.78 Å². The Kier molecular flexibility index (Phi) is 3.19. The third-order valence-corrected chi connectivity index (χ3v) is 11.8. The highest BCUT2D eigenvalue weighted by Crippen LogP contribution is 3.06. The van der Waals surface area contributed by atoms with Crippen LogP contribution in [0.2, 0.25) is 0 Å². The largest absolute Gasteiger partial charge is 0.390 e. The van der Waals surface area contributed by atoms with Gasteiger partial charge in [0.05, 0.1) is 18.0 Å². The number of fused-ring (bicyclic) bond motifs is 3. The number of ketones is 1. The van der Waals surface area contributed by atoms with Crippen LogP contribution in [0, 0.1) is 57.7 Å². The van der Waals surface area contributed by atoms with E-state index in [9.17, 15) is 9.90 Å². The Morgan fingerprint density at radius 1 is 1.00 bits per heavy atom. The monoisotopic (exact) mass is 409 g/mol. The Hall–Kier alpha value is -1.23. The van der Waals surface area contributed by atoms with Crippen LogP contribution in [0.3, 0.4) is 0 Å². The molecule has 2 bridgehead atoms. The van der Waals surface area contributed by atoms with Crippen LogP contribution in [0.25, 0.3) is 0 Å². The summed E-state index contributed by atoms with van der Waals surface area (Å²) in [6, 6.07) is 0. The van der Waals surface area contributed by atoms with Gasteiger partial charge in [0, 0.05) is 5.41 Å². The lowest BCUT2D eigenvalue weighted by Crippen LogP contribution is -2.51. The normalized spacial score (nSPS) is 59.5. The summed E-state index contributed by atoms with van der Waals surface area (Å²) in [6.45, 7) is 7.32. The smallest absolute Gasteiger partial charge is 0.163 e. The molecule has 7 fully saturated rings. The molecule has 1 aromatic rings. The fourth-order valence-electron chi connectivity index (χ4n) is 11.0. The predicted octanol–water partition coefficient (Wildman–Crippen LogP) is 3.72. The maximum absolute atomic E-state index is 13.7. The van der Waals surface area contributed by atoms with Gasteiger partial charge < -0.3 is 5.11 Å². The summed E-state index contributed by atoms with van der Waals surface area (Å²) in [5.41, 5.74) is -0.101. The first-order chi connectivity index (χ1) is 14.3. The van der Waals surface area contributed by atoms with Crippen molar-refractivity contribution in [3.8, 4) is 0 Å². The van der Waals surface area contributed by atoms with Crippen LogP contribution < -0.4 is 0 Å². The van der Waals surface area contributed by atoms with Crippen LogP contribution in [-0.4, -0.2) is 31.5 Å². The molecule has 0 saturated heterocycles. The van der Waals surface area contributed by atoms with Gasteiger partial charge in [-0.1, -0.05) is 13.8 Å². The van der Waals surface area contributed by atoms with Gasteiger partial charge in [-0.3, -0.25) is 4.79 Å². The highest BCUT2D eigenvalue weighted by atomic mass is 16.3. The molecule has 0 radical (unpaired) electrons. The summed E-state index contributed by atoms with van der Waals surface area (Å²) < 4.78 is 0. The number of aromatic nitrogens is 3. The van der Waals surface area contributed by atoms with Gasteiger partial charge in [-0.2, -0.15) is 15.0 Å². The Bertz CT molecular complexity index is 927. The number of carbonyl (C=O) groups excluding carboxylic acids is 1. The van der Waals surface area contributed by atoms with E-state index < -0.39 is 5.60 Å². The van der Waals surface area contributed by atoms with Crippen molar-refractivity contribution in [3.05, 3.63) is 12.4 Å². The molecular formula is C25H35N3O2. The summed E-state index contributed by atoms with van der Waals surface area (Å²) in [7, 11) is 0. The molecule has 0 aromatic carbocycles. The number of hydrogen-bond acceptors (Lipinski definition) is 4. The lowest BCUT2D eigenvalue weighted by Gasteiger charge is -2.56. The highest BCUT2D eigenvalue weighted by Gasteiger charge is 3.05. The second-order valence-corrected chi connectivity index (χ2v) is 12.6. The molecule has 1 heterocycles. The number of Topliss-reactive ketones (excluding diaryl/α,β-unsaturated/α-hetero) is 1. The van der Waals surface area contributed by atoms with E-state index in [-0.39, 0.29) is 16.2 Å². The number of hydrogen-bond donors (Lipinski definition) is 1. The molecule has 162 valence electrons. The molecule has 11 atom stereocenters. The first-order valence-electron chi connectivity index (χ1n) is 12.4. The maximum atomic E-state index is 13.7. The van der Waals surface area contributed by atoms with Gasteiger partial charge in [0.25, 0.3) is 0 Å². The average Bonchev–Trinajstić information content (AvgIpc) is 3.20. The minimum atomic E-state index is -0.444. The fourth-order valence-corrected chi connectivity index (χ4v) is 11.0. The molecular weight excluding hydrogens is 374 g/mol. The molecule has 0 aliphatic heterocycles. The van der Waals surface area contributed by atoms with Gasteiger partial charge in [0.2, 0.25) is 0 Å². The van der Waals surface area contributed by atoms with Crippen molar-refractivity contribution in [2.24, 2.45) is 57.7 Å². The molecule has 30 heavy (non-hydrogen) atoms. The molecule has 7 aliphatic rings. The molecule has 1 aromatic heterocycles. The number of carbonyl (C=O) groups is 1. The van der Waals surface area contributed by atoms with Crippen molar-refractivity contribution in [1.29, 1.82) is 0 Å². The van der Waals surface area contributed by atoms with Crippen molar-refractivity contribution in [2.75, 3.05) is 0 Å². The number of aliphatic hydroxyl groups is 1. The van der Waals surface area contributed by atoms with E-state index in [1.165, 1.54) is 32.1 Å². The fraction of sp³-hybridized carbons (Fsp3) is 0.880. The Labute approximate surface area is 179 Å². The molecule has 7 saturated carbocycles. The van der Waals surface area contributed by atoms with E-state index in [2.05, 4.69) is 24.0 Å². The summed E-state index contributed by atoms with van der Waals surface area (Å²) in [4.78, 5) is 15.3. The topological polar surface area (TPSA) is 68.0 Å². The van der Waals surface area contributed by atoms with E-state index in [1.807, 2.05) is 6.92 Å². The van der Waals surface area contributed by atoms with Gasteiger partial charge >= 0.3 is 0 Å². The summed E-state index contributed by atoms with van der Waals surface area (Å²) in [5.74, 6) is 5.74. The van der Waals surface area contributed by atoms with Crippen molar-refractivity contribution >= 4 is 5.78 Å². The minimum Gasteiger partial charge on any atom is -0.390 e. The van der Waals surface area contributed by atoms with Crippen molar-refractivity contribution in [3.63, 3.8) is 0 Å². The molecule has 7 aliphatic carbocycles. The second kappa shape index (κ2) is 5.22. The molecule has 5 heteroatoms. The van der Waals surface area contributed by atoms with E-state index in [0.29, 0.717) is 18.2 Å². The molecule has 0 amide bonds. The first kappa shape index (κ1) is 18.4. The average molecular weight is 410 g/mol. The van der Waals surface area contributed by atoms with Crippen LogP contribution >= 0.6 is 0 Å². The predicted molar refractivity (Wildman–Crippen MR) is 111 cm³/mol. The van der Waals surface area contributed by atoms with Crippen molar-refractivity contribution < 1.29 is 9.90 Å². The van der Waals surface area contributed by atoms with Crippen LogP contribution in [0.5, 0.6) is 0 Å². The second-order valence-electron chi connectivity index (χ2n) is 12.6. The first-order valence-corrected chi connectivity index (χ1v) is 12.4. The quantitative estimate of drug-likeness (QED) is 0.826. The van der Waals surface area contributed by atoms with E-state index in [0.717, 1.165) is 48.3 Å². The van der Waals surface area contributed by atoms with E-state index >= 15 is 0 Å². The van der Waals surface area contributed by atoms with Crippen molar-refractivity contribution in [1.82, 2.24) is 15.0 Å². The molecule has 11 unspecified atom stereocenters. The lowest BCUT2D eigenvalue weighted by molar-refractivity contribution is -0.137. The zero-order valence-corrected chi connectivity index (χ0v) is 18.6. The zero-order chi connectivity index (χ0) is 20.7. The van der Waals surface area contributed by atoms with Gasteiger partial charge in [-0.15, -0.1) is 0 Å². The molecule has 5 nitrogen and oxygen atoms in total. The summed E-state index contributed by atoms with van der Waals surface area (Å²) in [5, 5.41) is 19.1. The number of nitrogens with zero attached hydrogens (tertiary/aromatic N) is 3. The van der Waals surface area contributed by atoms with Gasteiger partial charge in [-0.25, -0.2) is 0 Å². The maximum Gasteiger partial charge on any atom is 0.163 e. The third-order valence-electron chi connectivity index (χ3n) is 11.8. The third kappa shape index (κ3) is 1.79. The Morgan fingerprint density at radius 3 is 2.43 bits per heavy atom. The molecule has 8 rings (SSSR count). The van der Waals surface area contributed by atoms with Gasteiger partial charge in [-0.05, 0) is 104 Å². The summed E-state index contributed by atoms with van der Waals surface area (Å²) >= 11 is 0. The Morgan fingerprint density at radius 2 is 1.70 bits per heavy atom. The molecule has 0 spiro atoms. The molecule has 1 N–H and O–H groups in total. The van der Waals surface area contributed by atoms with Crippen LogP contribution in [0.4, 0.5) is 0 Å². The van der Waals surface area contributed by atoms with E-state index in [1.54, 1.807) is 17.2 Å². The Balaban J connectivity index is 1.19. The van der Waals surface area contributed by atoms with Crippen LogP contribution in [0.15, 0.2) is 12.4 Å². The van der Waals surface area contributed by atoms with Crippen molar-refractivity contribution in [2.45, 2.75) is 77.9 Å². The highest BCUT2D eigenvalue weighted by molar-refractivity contribution is 5.95. The van der Waals surface area contributed by atoms with Gasteiger partial charge in [0.1, 0.15) is 6.54 Å². The summed E-state index contributed by atoms with van der Waals surface area (Å²) in [6.07, 6.45) is 11.7. The van der Waals surface area contributed by atoms with Crippen LogP contribution in [-0.2, 0) is 11.3 Å². The van der Waals surface area contributed by atoms with E-state index in [4.69, 9.17) is 0 Å². The number of rotatable bonds is 3. The SMILES string of the molecule is CC1(O)CCC2C(CCC3C2CCC2(C)C3C3C4C3(C)C42C(=O)Cn2nccn2)C1. The lowest BCUT2D eigenvalue weighted by atomic mass is 9.48. The zero-order valence-electron chi connectivity index (χ0n) is 18.6. The standard InChI is InChI=1S/C25H35N3O2/c1-22(30)8-6-15-14(12-22)4-5-17-16(15)7-9-23(2)19(17)20-21-24(20,3)25(21,23)18(29)13-28-26-10-11-27-28/h10-11,14-17,19-21,30H,4-9,12-13H2,1-3H3. The van der Waals surface area contributed by atoms with Crippen LogP contribution in [0.1, 0.15) is 65.7 Å². The minimum absolute atomic E-state index is 0.0962.